The molecule has 1 heterocycles. The van der Waals surface area contributed by atoms with Crippen molar-refractivity contribution < 1.29 is 14.3 Å². The van der Waals surface area contributed by atoms with E-state index in [-0.39, 0.29) is 11.8 Å². The number of halogens is 1. The Morgan fingerprint density at radius 3 is 2.53 bits per heavy atom. The highest BCUT2D eigenvalue weighted by Crippen LogP contribution is 2.20. The molecule has 0 aliphatic carbocycles. The van der Waals surface area contributed by atoms with Crippen molar-refractivity contribution in [3.05, 3.63) is 76.6 Å². The van der Waals surface area contributed by atoms with Crippen LogP contribution in [0, 0.1) is 0 Å². The van der Waals surface area contributed by atoms with Crippen molar-refractivity contribution in [1.29, 1.82) is 0 Å². The quantitative estimate of drug-likeness (QED) is 0.617. The third-order valence-corrected chi connectivity index (χ3v) is 4.65. The van der Waals surface area contributed by atoms with E-state index < -0.39 is 0 Å². The zero-order chi connectivity index (χ0) is 21.7. The Kier molecular flexibility index (Phi) is 6.74. The van der Waals surface area contributed by atoms with Crippen LogP contribution in [0.4, 0.5) is 5.69 Å². The summed E-state index contributed by atoms with van der Waals surface area (Å²) in [6, 6.07) is 14.2. The molecule has 1 N–H and O–H groups in total. The zero-order valence-corrected chi connectivity index (χ0v) is 17.8. The number of rotatable bonds is 7. The van der Waals surface area contributed by atoms with E-state index in [0.29, 0.717) is 40.9 Å². The Morgan fingerprint density at radius 2 is 1.90 bits per heavy atom. The van der Waals surface area contributed by atoms with Crippen LogP contribution >= 0.6 is 11.6 Å². The van der Waals surface area contributed by atoms with Crippen LogP contribution in [0.15, 0.2) is 54.7 Å². The number of aryl methyl sites for hydroxylation is 1. The lowest BCUT2D eigenvalue weighted by atomic mass is 10.1. The minimum atomic E-state index is -0.319. The van der Waals surface area contributed by atoms with Gasteiger partial charge in [0.2, 0.25) is 0 Å². The summed E-state index contributed by atoms with van der Waals surface area (Å²) in [5.74, 6) is 0.134. The maximum atomic E-state index is 12.7. The SMILES string of the molecule is CCn1ncc(NC(=O)c2ccc(COc3cccc(Cl)c3)cc2)c1C(=O)N(C)C. The highest BCUT2D eigenvalue weighted by atomic mass is 35.5. The number of amides is 2. The molecule has 0 saturated carbocycles. The van der Waals surface area contributed by atoms with Gasteiger partial charge in [0.15, 0.2) is 0 Å². The van der Waals surface area contributed by atoms with Crippen LogP contribution in [0.2, 0.25) is 5.02 Å². The molecule has 2 aromatic carbocycles. The third-order valence-electron chi connectivity index (χ3n) is 4.41. The summed E-state index contributed by atoms with van der Waals surface area (Å²) in [7, 11) is 3.32. The molecule has 0 aliphatic rings. The van der Waals surface area contributed by atoms with Gasteiger partial charge in [-0.25, -0.2) is 0 Å². The van der Waals surface area contributed by atoms with Crippen molar-refractivity contribution in [2.75, 3.05) is 19.4 Å². The Bertz CT molecular complexity index is 1040. The lowest BCUT2D eigenvalue weighted by Crippen LogP contribution is -2.26. The number of hydrogen-bond donors (Lipinski definition) is 1. The Labute approximate surface area is 180 Å². The van der Waals surface area contributed by atoms with Gasteiger partial charge in [0, 0.05) is 31.2 Å². The van der Waals surface area contributed by atoms with Crippen LogP contribution in [0.5, 0.6) is 5.75 Å². The Morgan fingerprint density at radius 1 is 1.17 bits per heavy atom. The second-order valence-electron chi connectivity index (χ2n) is 6.82. The minimum Gasteiger partial charge on any atom is -0.489 e. The van der Waals surface area contributed by atoms with Crippen molar-refractivity contribution >= 4 is 29.1 Å². The highest BCUT2D eigenvalue weighted by molar-refractivity contribution is 6.30. The molecule has 0 fully saturated rings. The van der Waals surface area contributed by atoms with Crippen LogP contribution in [-0.4, -0.2) is 40.6 Å². The van der Waals surface area contributed by atoms with Crippen LogP contribution in [0.25, 0.3) is 0 Å². The molecule has 1 aromatic heterocycles. The van der Waals surface area contributed by atoms with Gasteiger partial charge >= 0.3 is 0 Å². The second-order valence-corrected chi connectivity index (χ2v) is 7.26. The van der Waals surface area contributed by atoms with Gasteiger partial charge in [0.25, 0.3) is 11.8 Å². The molecular formula is C22H23ClN4O3. The van der Waals surface area contributed by atoms with Crippen molar-refractivity contribution in [1.82, 2.24) is 14.7 Å². The first kappa shape index (κ1) is 21.4. The van der Waals surface area contributed by atoms with Gasteiger partial charge in [-0.3, -0.25) is 14.3 Å². The summed E-state index contributed by atoms with van der Waals surface area (Å²) in [5.41, 5.74) is 2.11. The average Bonchev–Trinajstić information content (AvgIpc) is 3.14. The van der Waals surface area contributed by atoms with Crippen molar-refractivity contribution in [3.8, 4) is 5.75 Å². The van der Waals surface area contributed by atoms with Crippen LogP contribution in [-0.2, 0) is 13.2 Å². The van der Waals surface area contributed by atoms with Gasteiger partial charge in [-0.2, -0.15) is 5.10 Å². The topological polar surface area (TPSA) is 76.5 Å². The monoisotopic (exact) mass is 426 g/mol. The second kappa shape index (κ2) is 9.45. The van der Waals surface area contributed by atoms with Crippen LogP contribution in [0.1, 0.15) is 33.3 Å². The molecule has 8 heteroatoms. The fourth-order valence-corrected chi connectivity index (χ4v) is 3.00. The normalized spacial score (nSPS) is 10.5. The van der Waals surface area contributed by atoms with E-state index in [1.54, 1.807) is 43.0 Å². The number of nitrogens with one attached hydrogen (secondary N) is 1. The number of carbonyl (C=O) groups excluding carboxylic acids is 2. The summed E-state index contributed by atoms with van der Waals surface area (Å²) in [6.07, 6.45) is 1.49. The number of hydrogen-bond acceptors (Lipinski definition) is 4. The van der Waals surface area contributed by atoms with Gasteiger partial charge in [0.1, 0.15) is 18.1 Å². The number of nitrogens with zero attached hydrogens (tertiary/aromatic N) is 3. The minimum absolute atomic E-state index is 0.224. The molecule has 156 valence electrons. The van der Waals surface area contributed by atoms with Crippen LogP contribution in [0.3, 0.4) is 0 Å². The first-order valence-electron chi connectivity index (χ1n) is 9.45. The highest BCUT2D eigenvalue weighted by Gasteiger charge is 2.21. The molecular weight excluding hydrogens is 404 g/mol. The first-order valence-corrected chi connectivity index (χ1v) is 9.83. The predicted octanol–water partition coefficient (Wildman–Crippen LogP) is 4.09. The van der Waals surface area contributed by atoms with Crippen molar-refractivity contribution in [2.24, 2.45) is 0 Å². The Balaban J connectivity index is 1.68. The van der Waals surface area contributed by atoms with E-state index in [1.807, 2.05) is 31.2 Å². The molecule has 0 atom stereocenters. The number of aromatic nitrogens is 2. The van der Waals surface area contributed by atoms with Gasteiger partial charge in [-0.15, -0.1) is 0 Å². The largest absolute Gasteiger partial charge is 0.489 e. The number of anilines is 1. The molecule has 0 aliphatic heterocycles. The molecule has 0 saturated heterocycles. The summed E-state index contributed by atoms with van der Waals surface area (Å²) >= 11 is 5.95. The van der Waals surface area contributed by atoms with E-state index in [4.69, 9.17) is 16.3 Å². The van der Waals surface area contributed by atoms with E-state index >= 15 is 0 Å². The molecule has 2 amide bonds. The van der Waals surface area contributed by atoms with E-state index in [1.165, 1.54) is 11.1 Å². The fraction of sp³-hybridized carbons (Fsp3) is 0.227. The lowest BCUT2D eigenvalue weighted by Gasteiger charge is -2.13. The molecule has 0 radical (unpaired) electrons. The molecule has 7 nitrogen and oxygen atoms in total. The zero-order valence-electron chi connectivity index (χ0n) is 17.1. The summed E-state index contributed by atoms with van der Waals surface area (Å²) in [5, 5.41) is 7.58. The average molecular weight is 427 g/mol. The Hall–Kier alpha value is -3.32. The standard InChI is InChI=1S/C22H23ClN4O3/c1-4-27-20(22(29)26(2)3)19(13-24-27)25-21(28)16-10-8-15(9-11-16)14-30-18-7-5-6-17(23)12-18/h5-13H,4,14H2,1-3H3,(H,25,28). The molecule has 0 unspecified atom stereocenters. The predicted molar refractivity (Wildman–Crippen MR) is 116 cm³/mol. The number of ether oxygens (including phenoxy) is 1. The summed E-state index contributed by atoms with van der Waals surface area (Å²) < 4.78 is 7.27. The number of benzene rings is 2. The van der Waals surface area contributed by atoms with E-state index in [2.05, 4.69) is 10.4 Å². The van der Waals surface area contributed by atoms with Gasteiger partial charge in [0.05, 0.1) is 11.9 Å². The molecule has 3 rings (SSSR count). The summed E-state index contributed by atoms with van der Waals surface area (Å²) in [6.45, 7) is 2.76. The maximum absolute atomic E-state index is 12.7. The smallest absolute Gasteiger partial charge is 0.273 e. The molecule has 30 heavy (non-hydrogen) atoms. The van der Waals surface area contributed by atoms with Crippen LogP contribution < -0.4 is 10.1 Å². The van der Waals surface area contributed by atoms with Gasteiger partial charge in [-0.05, 0) is 42.8 Å². The third kappa shape index (κ3) is 4.99. The van der Waals surface area contributed by atoms with E-state index in [9.17, 15) is 9.59 Å². The molecule has 3 aromatic rings. The number of carbonyl (C=O) groups is 2. The van der Waals surface area contributed by atoms with E-state index in [0.717, 1.165) is 5.56 Å². The van der Waals surface area contributed by atoms with Gasteiger partial charge in [-0.1, -0.05) is 29.8 Å². The lowest BCUT2D eigenvalue weighted by molar-refractivity contribution is 0.0816. The maximum Gasteiger partial charge on any atom is 0.273 e. The van der Waals surface area contributed by atoms with Crippen molar-refractivity contribution in [2.45, 2.75) is 20.1 Å². The van der Waals surface area contributed by atoms with Gasteiger partial charge < -0.3 is 15.0 Å². The molecule has 0 spiro atoms. The summed E-state index contributed by atoms with van der Waals surface area (Å²) in [4.78, 5) is 26.6. The van der Waals surface area contributed by atoms with Crippen molar-refractivity contribution in [3.63, 3.8) is 0 Å². The molecule has 0 bridgehead atoms. The fourth-order valence-electron chi connectivity index (χ4n) is 2.82. The first-order chi connectivity index (χ1) is 14.4.